The second-order valence-electron chi connectivity index (χ2n) is 6.07. The maximum Gasteiger partial charge on any atom is 0.257 e. The molecule has 5 heteroatoms. The van der Waals surface area contributed by atoms with Crippen LogP contribution < -0.4 is 5.32 Å². The van der Waals surface area contributed by atoms with Crippen LogP contribution in [0.25, 0.3) is 5.65 Å². The van der Waals surface area contributed by atoms with Gasteiger partial charge in [0.05, 0.1) is 6.20 Å². The lowest BCUT2D eigenvalue weighted by atomic mass is 9.75. The Morgan fingerprint density at radius 2 is 2.04 bits per heavy atom. The number of carbonyl (C=O) groups is 1. The van der Waals surface area contributed by atoms with Gasteiger partial charge < -0.3 is 5.32 Å². The highest BCUT2D eigenvalue weighted by Gasteiger charge is 2.33. The molecule has 1 fully saturated rings. The van der Waals surface area contributed by atoms with Gasteiger partial charge in [-0.15, -0.1) is 0 Å². The third-order valence-electron chi connectivity index (χ3n) is 4.57. The van der Waals surface area contributed by atoms with Crippen molar-refractivity contribution in [3.8, 4) is 0 Å². The largest absolute Gasteiger partial charge is 0.349 e. The number of carbonyl (C=O) groups excluding carboxylic acids is 1. The van der Waals surface area contributed by atoms with Gasteiger partial charge >= 0.3 is 0 Å². The third-order valence-corrected chi connectivity index (χ3v) is 4.57. The molecule has 1 amide bonds. The van der Waals surface area contributed by atoms with E-state index in [4.69, 9.17) is 0 Å². The van der Waals surface area contributed by atoms with Gasteiger partial charge in [0, 0.05) is 23.9 Å². The van der Waals surface area contributed by atoms with Crippen molar-refractivity contribution < 1.29 is 4.79 Å². The normalized spacial score (nSPS) is 20.2. The molecule has 1 saturated carbocycles. The molecular formula is C18H18N4O. The number of rotatable bonds is 3. The average molecular weight is 306 g/mol. The van der Waals surface area contributed by atoms with E-state index < -0.39 is 0 Å². The molecule has 2 heterocycles. The average Bonchev–Trinajstić information content (AvgIpc) is 2.95. The van der Waals surface area contributed by atoms with Gasteiger partial charge in [0.2, 0.25) is 0 Å². The lowest BCUT2D eigenvalue weighted by Gasteiger charge is -2.37. The zero-order chi connectivity index (χ0) is 15.8. The molecule has 0 saturated heterocycles. The van der Waals surface area contributed by atoms with Crippen LogP contribution in [0.15, 0.2) is 48.8 Å². The minimum Gasteiger partial charge on any atom is -0.349 e. The van der Waals surface area contributed by atoms with Crippen LogP contribution in [-0.4, -0.2) is 26.5 Å². The van der Waals surface area contributed by atoms with Crippen LogP contribution in [0.3, 0.4) is 0 Å². The smallest absolute Gasteiger partial charge is 0.257 e. The number of aryl methyl sites for hydroxylation is 1. The number of hydrogen-bond acceptors (Lipinski definition) is 3. The summed E-state index contributed by atoms with van der Waals surface area (Å²) in [5.41, 5.74) is 3.31. The molecule has 0 unspecified atom stereocenters. The quantitative estimate of drug-likeness (QED) is 0.809. The van der Waals surface area contributed by atoms with Crippen molar-refractivity contribution in [2.75, 3.05) is 0 Å². The molecule has 1 aliphatic rings. The lowest BCUT2D eigenvalue weighted by Crippen LogP contribution is -2.45. The Balaban J connectivity index is 1.54. The number of benzene rings is 1. The number of nitrogens with one attached hydrogen (secondary N) is 1. The van der Waals surface area contributed by atoms with Crippen LogP contribution in [0.4, 0.5) is 0 Å². The number of hydrogen-bond donors (Lipinski definition) is 1. The zero-order valence-electron chi connectivity index (χ0n) is 12.9. The summed E-state index contributed by atoms with van der Waals surface area (Å²) in [6.07, 6.45) is 5.54. The molecule has 2 aromatic heterocycles. The van der Waals surface area contributed by atoms with Gasteiger partial charge in [-0.2, -0.15) is 5.10 Å². The zero-order valence-corrected chi connectivity index (χ0v) is 12.9. The van der Waals surface area contributed by atoms with Crippen molar-refractivity contribution in [2.45, 2.75) is 31.7 Å². The van der Waals surface area contributed by atoms with Crippen LogP contribution in [-0.2, 0) is 0 Å². The Morgan fingerprint density at radius 1 is 1.22 bits per heavy atom. The molecule has 23 heavy (non-hydrogen) atoms. The molecule has 0 aliphatic heterocycles. The predicted octanol–water partition coefficient (Wildman–Crippen LogP) is 2.71. The monoisotopic (exact) mass is 306 g/mol. The number of aromatic nitrogens is 3. The fourth-order valence-electron chi connectivity index (χ4n) is 3.14. The lowest BCUT2D eigenvalue weighted by molar-refractivity contribution is 0.0906. The Kier molecular flexibility index (Phi) is 3.33. The van der Waals surface area contributed by atoms with Gasteiger partial charge in [0.1, 0.15) is 5.56 Å². The van der Waals surface area contributed by atoms with E-state index in [2.05, 4.69) is 27.5 Å². The Labute approximate surface area is 134 Å². The number of nitrogens with zero attached hydrogens (tertiary/aromatic N) is 3. The Morgan fingerprint density at radius 3 is 2.78 bits per heavy atom. The molecule has 0 bridgehead atoms. The first-order valence-corrected chi connectivity index (χ1v) is 7.89. The van der Waals surface area contributed by atoms with Crippen molar-refractivity contribution >= 4 is 11.6 Å². The highest BCUT2D eigenvalue weighted by atomic mass is 16.1. The minimum atomic E-state index is -0.0938. The molecule has 5 nitrogen and oxygen atoms in total. The van der Waals surface area contributed by atoms with Gasteiger partial charge in [-0.1, -0.05) is 30.3 Å². The molecule has 0 spiro atoms. The van der Waals surface area contributed by atoms with E-state index in [0.717, 1.165) is 18.5 Å². The minimum absolute atomic E-state index is 0.0938. The van der Waals surface area contributed by atoms with Crippen LogP contribution in [0.2, 0.25) is 0 Å². The van der Waals surface area contributed by atoms with E-state index >= 15 is 0 Å². The van der Waals surface area contributed by atoms with Crippen LogP contribution in [0.5, 0.6) is 0 Å². The van der Waals surface area contributed by atoms with E-state index in [1.807, 2.05) is 37.4 Å². The second-order valence-corrected chi connectivity index (χ2v) is 6.07. The Hall–Kier alpha value is -2.69. The molecule has 0 radical (unpaired) electrons. The molecule has 1 aromatic carbocycles. The van der Waals surface area contributed by atoms with Crippen LogP contribution in [0, 0.1) is 6.92 Å². The van der Waals surface area contributed by atoms with E-state index in [9.17, 15) is 4.79 Å². The standard InChI is InChI=1S/C18H18N4O/c1-12-9-10-22-17(20-12)15(11-19-22)18(23)21-16-8-7-14(16)13-5-3-2-4-6-13/h2-6,9-11,14,16H,7-8H2,1H3,(H,21,23)/t14-,16-/m1/s1. The summed E-state index contributed by atoms with van der Waals surface area (Å²) in [6.45, 7) is 1.91. The fourth-order valence-corrected chi connectivity index (χ4v) is 3.14. The topological polar surface area (TPSA) is 59.3 Å². The SMILES string of the molecule is Cc1ccn2ncc(C(=O)N[C@@H]3CC[C@@H]3c3ccccc3)c2n1. The Bertz CT molecular complexity index is 856. The summed E-state index contributed by atoms with van der Waals surface area (Å²) < 4.78 is 1.64. The van der Waals surface area contributed by atoms with Crippen LogP contribution >= 0.6 is 0 Å². The molecular weight excluding hydrogens is 288 g/mol. The van der Waals surface area contributed by atoms with Gasteiger partial charge in [-0.3, -0.25) is 4.79 Å². The van der Waals surface area contributed by atoms with Crippen molar-refractivity contribution in [2.24, 2.45) is 0 Å². The second kappa shape index (κ2) is 5.50. The summed E-state index contributed by atoms with van der Waals surface area (Å²) in [4.78, 5) is 17.0. The van der Waals surface area contributed by atoms with Crippen molar-refractivity contribution in [3.05, 3.63) is 65.6 Å². The third kappa shape index (κ3) is 2.48. The maximum atomic E-state index is 12.6. The van der Waals surface area contributed by atoms with Crippen molar-refractivity contribution in [1.29, 1.82) is 0 Å². The first-order chi connectivity index (χ1) is 11.2. The number of amides is 1. The highest BCUT2D eigenvalue weighted by Crippen LogP contribution is 2.36. The molecule has 3 aromatic rings. The molecule has 1 N–H and O–H groups in total. The summed E-state index contributed by atoms with van der Waals surface area (Å²) in [7, 11) is 0. The van der Waals surface area contributed by atoms with E-state index in [-0.39, 0.29) is 11.9 Å². The first kappa shape index (κ1) is 13.9. The number of fused-ring (bicyclic) bond motifs is 1. The summed E-state index contributed by atoms with van der Waals surface area (Å²) in [5, 5.41) is 7.35. The van der Waals surface area contributed by atoms with Crippen LogP contribution in [0.1, 0.15) is 40.4 Å². The van der Waals surface area contributed by atoms with Crippen molar-refractivity contribution in [3.63, 3.8) is 0 Å². The van der Waals surface area contributed by atoms with E-state index in [1.54, 1.807) is 10.7 Å². The first-order valence-electron chi connectivity index (χ1n) is 7.89. The summed E-state index contributed by atoms with van der Waals surface area (Å²) in [5.74, 6) is 0.306. The summed E-state index contributed by atoms with van der Waals surface area (Å²) >= 11 is 0. The van der Waals surface area contributed by atoms with Gasteiger partial charge in [-0.25, -0.2) is 9.50 Å². The molecule has 116 valence electrons. The van der Waals surface area contributed by atoms with E-state index in [0.29, 0.717) is 17.1 Å². The van der Waals surface area contributed by atoms with E-state index in [1.165, 1.54) is 5.56 Å². The van der Waals surface area contributed by atoms with Crippen molar-refractivity contribution in [1.82, 2.24) is 19.9 Å². The predicted molar refractivity (Wildman–Crippen MR) is 87.4 cm³/mol. The van der Waals surface area contributed by atoms with Gasteiger partial charge in [0.15, 0.2) is 5.65 Å². The summed E-state index contributed by atoms with van der Waals surface area (Å²) in [6, 6.07) is 12.4. The highest BCUT2D eigenvalue weighted by molar-refractivity contribution is 5.99. The molecule has 4 rings (SSSR count). The molecule has 2 atom stereocenters. The van der Waals surface area contributed by atoms with Gasteiger partial charge in [-0.05, 0) is 31.4 Å². The van der Waals surface area contributed by atoms with Gasteiger partial charge in [0.25, 0.3) is 5.91 Å². The maximum absolute atomic E-state index is 12.6. The molecule has 1 aliphatic carbocycles. The fraction of sp³-hybridized carbons (Fsp3) is 0.278.